The van der Waals surface area contributed by atoms with Gasteiger partial charge in [-0.1, -0.05) is 6.42 Å². The zero-order valence-electron chi connectivity index (χ0n) is 13.9. The van der Waals surface area contributed by atoms with Crippen LogP contribution in [0.4, 0.5) is 11.4 Å². The summed E-state index contributed by atoms with van der Waals surface area (Å²) in [7, 11) is 1.42. The summed E-state index contributed by atoms with van der Waals surface area (Å²) in [4.78, 5) is 35.1. The third-order valence-corrected chi connectivity index (χ3v) is 4.99. The van der Waals surface area contributed by atoms with Crippen LogP contribution in [-0.4, -0.2) is 29.5 Å². The van der Waals surface area contributed by atoms with Gasteiger partial charge in [-0.3, -0.25) is 19.7 Å². The molecule has 1 heterocycles. The Kier molecular flexibility index (Phi) is 4.61. The lowest BCUT2D eigenvalue weighted by molar-refractivity contribution is -0.384. The summed E-state index contributed by atoms with van der Waals surface area (Å²) in [5.74, 6) is -1.01. The van der Waals surface area contributed by atoms with E-state index in [2.05, 4.69) is 5.32 Å². The van der Waals surface area contributed by atoms with Gasteiger partial charge in [0.1, 0.15) is 11.4 Å². The number of carbonyl (C=O) groups excluding carboxylic acids is 2. The Morgan fingerprint density at radius 2 is 2.08 bits per heavy atom. The van der Waals surface area contributed by atoms with E-state index in [0.717, 1.165) is 19.3 Å². The molecule has 134 valence electrons. The summed E-state index contributed by atoms with van der Waals surface area (Å²) in [5, 5.41) is 13.7. The van der Waals surface area contributed by atoms with Crippen molar-refractivity contribution in [2.75, 3.05) is 12.4 Å². The van der Waals surface area contributed by atoms with E-state index >= 15 is 0 Å². The number of carbonyl (C=O) groups is 2. The van der Waals surface area contributed by atoms with Crippen LogP contribution in [0.1, 0.15) is 38.5 Å². The second-order valence-electron chi connectivity index (χ2n) is 6.49. The lowest BCUT2D eigenvalue weighted by Gasteiger charge is -2.36. The van der Waals surface area contributed by atoms with Crippen LogP contribution in [0.25, 0.3) is 0 Å². The quantitative estimate of drug-likeness (QED) is 0.509. The number of nitrogens with one attached hydrogen (secondary N) is 1. The Hall–Kier alpha value is -2.64. The zero-order valence-corrected chi connectivity index (χ0v) is 13.9. The van der Waals surface area contributed by atoms with Gasteiger partial charge in [-0.2, -0.15) is 0 Å². The van der Waals surface area contributed by atoms with Gasteiger partial charge in [0.05, 0.1) is 30.1 Å². The number of nitrogens with zero attached hydrogens (tertiary/aromatic N) is 1. The number of nitro groups is 1. The highest BCUT2D eigenvalue weighted by Gasteiger charge is 2.52. The van der Waals surface area contributed by atoms with E-state index in [9.17, 15) is 19.7 Å². The van der Waals surface area contributed by atoms with E-state index in [0.29, 0.717) is 18.6 Å². The van der Waals surface area contributed by atoms with Gasteiger partial charge in [-0.25, -0.2) is 0 Å². The summed E-state index contributed by atoms with van der Waals surface area (Å²) in [6.07, 6.45) is 4.26. The molecule has 1 aromatic rings. The van der Waals surface area contributed by atoms with Crippen molar-refractivity contribution in [3.8, 4) is 5.75 Å². The largest absolute Gasteiger partial charge is 0.495 e. The predicted octanol–water partition coefficient (Wildman–Crippen LogP) is 2.81. The number of esters is 1. The molecule has 1 aliphatic heterocycles. The highest BCUT2D eigenvalue weighted by atomic mass is 16.6. The molecule has 1 amide bonds. The molecule has 2 fully saturated rings. The maximum absolute atomic E-state index is 12.8. The van der Waals surface area contributed by atoms with E-state index in [1.807, 2.05) is 0 Å². The molecular weight excluding hydrogens is 328 g/mol. The minimum atomic E-state index is -0.743. The van der Waals surface area contributed by atoms with Crippen molar-refractivity contribution in [3.63, 3.8) is 0 Å². The van der Waals surface area contributed by atoms with Gasteiger partial charge in [-0.15, -0.1) is 0 Å². The Morgan fingerprint density at radius 1 is 1.36 bits per heavy atom. The first-order chi connectivity index (χ1) is 11.9. The topological polar surface area (TPSA) is 108 Å². The molecule has 25 heavy (non-hydrogen) atoms. The first-order valence-electron chi connectivity index (χ1n) is 8.30. The number of hydrogen-bond donors (Lipinski definition) is 1. The number of amides is 1. The second-order valence-corrected chi connectivity index (χ2v) is 6.49. The third-order valence-electron chi connectivity index (χ3n) is 4.99. The van der Waals surface area contributed by atoms with Crippen LogP contribution in [0.15, 0.2) is 18.2 Å². The smallest absolute Gasteiger partial charge is 0.307 e. The molecular formula is C17H20N2O6. The number of anilines is 1. The lowest BCUT2D eigenvalue weighted by atomic mass is 9.75. The molecule has 1 N–H and O–H groups in total. The number of rotatable bonds is 4. The van der Waals surface area contributed by atoms with Gasteiger partial charge in [-0.05, 0) is 31.7 Å². The van der Waals surface area contributed by atoms with Crippen LogP contribution in [0.2, 0.25) is 0 Å². The molecule has 1 saturated carbocycles. The summed E-state index contributed by atoms with van der Waals surface area (Å²) < 4.78 is 10.7. The molecule has 1 spiro atoms. The van der Waals surface area contributed by atoms with Gasteiger partial charge >= 0.3 is 5.97 Å². The molecule has 0 radical (unpaired) electrons. The molecule has 2 aliphatic rings. The van der Waals surface area contributed by atoms with Crippen LogP contribution in [0.3, 0.4) is 0 Å². The molecule has 8 heteroatoms. The predicted molar refractivity (Wildman–Crippen MR) is 88.3 cm³/mol. The van der Waals surface area contributed by atoms with Crippen LogP contribution >= 0.6 is 0 Å². The Bertz CT molecular complexity index is 711. The molecule has 1 unspecified atom stereocenters. The zero-order chi connectivity index (χ0) is 18.0. The first kappa shape index (κ1) is 17.2. The van der Waals surface area contributed by atoms with Gasteiger partial charge < -0.3 is 14.8 Å². The van der Waals surface area contributed by atoms with E-state index in [1.54, 1.807) is 0 Å². The third kappa shape index (κ3) is 3.29. The SMILES string of the molecule is COc1ccc([N+](=O)[O-])cc1NC(=O)C1CC(=O)OC12CCCCC2. The summed E-state index contributed by atoms with van der Waals surface area (Å²) in [6.45, 7) is 0. The van der Waals surface area contributed by atoms with E-state index in [-0.39, 0.29) is 29.7 Å². The van der Waals surface area contributed by atoms with Crippen molar-refractivity contribution in [1.29, 1.82) is 0 Å². The number of hydrogen-bond acceptors (Lipinski definition) is 6. The molecule has 1 atom stereocenters. The van der Waals surface area contributed by atoms with E-state index in [1.165, 1.54) is 25.3 Å². The molecule has 1 saturated heterocycles. The Morgan fingerprint density at radius 3 is 2.72 bits per heavy atom. The van der Waals surface area contributed by atoms with Gasteiger partial charge in [0.2, 0.25) is 5.91 Å². The maximum atomic E-state index is 12.8. The van der Waals surface area contributed by atoms with Crippen molar-refractivity contribution in [3.05, 3.63) is 28.3 Å². The normalized spacial score (nSPS) is 21.6. The van der Waals surface area contributed by atoms with Crippen molar-refractivity contribution in [2.45, 2.75) is 44.1 Å². The van der Waals surface area contributed by atoms with Crippen molar-refractivity contribution < 1.29 is 24.0 Å². The monoisotopic (exact) mass is 348 g/mol. The Balaban J connectivity index is 1.85. The number of benzene rings is 1. The molecule has 8 nitrogen and oxygen atoms in total. The summed E-state index contributed by atoms with van der Waals surface area (Å²) in [5.41, 5.74) is -0.679. The van der Waals surface area contributed by atoms with Gasteiger partial charge in [0, 0.05) is 12.1 Å². The fourth-order valence-electron chi connectivity index (χ4n) is 3.75. The molecule has 0 aromatic heterocycles. The fraction of sp³-hybridized carbons (Fsp3) is 0.529. The van der Waals surface area contributed by atoms with Crippen molar-refractivity contribution >= 4 is 23.3 Å². The van der Waals surface area contributed by atoms with Crippen LogP contribution in [-0.2, 0) is 14.3 Å². The maximum Gasteiger partial charge on any atom is 0.307 e. The highest BCUT2D eigenvalue weighted by Crippen LogP contribution is 2.45. The van der Waals surface area contributed by atoms with E-state index in [4.69, 9.17) is 9.47 Å². The second kappa shape index (κ2) is 6.70. The minimum Gasteiger partial charge on any atom is -0.495 e. The van der Waals surface area contributed by atoms with Crippen molar-refractivity contribution in [1.82, 2.24) is 0 Å². The average Bonchev–Trinajstić information content (AvgIpc) is 2.91. The average molecular weight is 348 g/mol. The number of methoxy groups -OCH3 is 1. The van der Waals surface area contributed by atoms with Crippen molar-refractivity contribution in [2.24, 2.45) is 5.92 Å². The van der Waals surface area contributed by atoms with Gasteiger partial charge in [0.25, 0.3) is 5.69 Å². The van der Waals surface area contributed by atoms with E-state index < -0.39 is 16.4 Å². The molecule has 3 rings (SSSR count). The fourth-order valence-corrected chi connectivity index (χ4v) is 3.75. The van der Waals surface area contributed by atoms with Crippen LogP contribution < -0.4 is 10.1 Å². The minimum absolute atomic E-state index is 0.0308. The summed E-state index contributed by atoms with van der Waals surface area (Å²) in [6, 6.07) is 3.99. The molecule has 0 bridgehead atoms. The highest BCUT2D eigenvalue weighted by molar-refractivity contribution is 5.98. The first-order valence-corrected chi connectivity index (χ1v) is 8.30. The lowest BCUT2D eigenvalue weighted by Crippen LogP contribution is -2.43. The van der Waals surface area contributed by atoms with Crippen LogP contribution in [0.5, 0.6) is 5.75 Å². The molecule has 1 aromatic carbocycles. The molecule has 1 aliphatic carbocycles. The van der Waals surface area contributed by atoms with Gasteiger partial charge in [0.15, 0.2) is 0 Å². The number of nitro benzene ring substituents is 1. The standard InChI is InChI=1S/C17H20N2O6/c1-24-14-6-5-11(19(22)23)9-13(14)18-16(21)12-10-15(20)25-17(12)7-3-2-4-8-17/h5-6,9,12H,2-4,7-8,10H2,1H3,(H,18,21). The Labute approximate surface area is 144 Å². The van der Waals surface area contributed by atoms with Crippen LogP contribution in [0, 0.1) is 16.0 Å². The number of non-ortho nitro benzene ring substituents is 1. The number of ether oxygens (including phenoxy) is 2. The summed E-state index contributed by atoms with van der Waals surface area (Å²) >= 11 is 0.